The molecule has 2 N–H and O–H groups in total. The number of aliphatic hydroxyl groups is 1. The van der Waals surface area contributed by atoms with Crippen LogP contribution in [0.5, 0.6) is 5.75 Å². The van der Waals surface area contributed by atoms with Crippen LogP contribution in [-0.2, 0) is 19.0 Å². The average molecular weight is 407 g/mol. The minimum Gasteiger partial charge on any atom is -0.497 e. The third-order valence-corrected chi connectivity index (χ3v) is 7.15. The van der Waals surface area contributed by atoms with E-state index in [2.05, 4.69) is 57.1 Å². The molecule has 0 saturated carbocycles. The third-order valence-electron chi connectivity index (χ3n) is 7.15. The Bertz CT molecular complexity index is 1040. The summed E-state index contributed by atoms with van der Waals surface area (Å²) in [7, 11) is 3.82. The summed E-state index contributed by atoms with van der Waals surface area (Å²) in [5.74, 6) is 0.871. The number of aromatic nitrogens is 2. The number of nitrogens with one attached hydrogen (secondary N) is 1. The predicted molar refractivity (Wildman–Crippen MR) is 118 cm³/mol. The van der Waals surface area contributed by atoms with Gasteiger partial charge in [-0.15, -0.1) is 0 Å². The summed E-state index contributed by atoms with van der Waals surface area (Å²) >= 11 is 0. The van der Waals surface area contributed by atoms with E-state index in [1.807, 2.05) is 12.4 Å². The second-order valence-electron chi connectivity index (χ2n) is 8.73. The van der Waals surface area contributed by atoms with Crippen molar-refractivity contribution in [1.82, 2.24) is 19.8 Å². The lowest BCUT2D eigenvalue weighted by molar-refractivity contribution is 0.131. The molecule has 158 valence electrons. The Hall–Kier alpha value is -2.41. The summed E-state index contributed by atoms with van der Waals surface area (Å²) in [5, 5.41) is 15.0. The van der Waals surface area contributed by atoms with E-state index in [0.717, 1.165) is 44.8 Å². The van der Waals surface area contributed by atoms with Gasteiger partial charge in [0.05, 0.1) is 25.3 Å². The number of piperidine rings is 1. The van der Waals surface area contributed by atoms with Gasteiger partial charge < -0.3 is 19.7 Å². The molecule has 1 saturated heterocycles. The molecule has 0 amide bonds. The highest BCUT2D eigenvalue weighted by Crippen LogP contribution is 2.47. The molecule has 0 unspecified atom stereocenters. The Labute approximate surface area is 177 Å². The number of ether oxygens (including phenoxy) is 1. The van der Waals surface area contributed by atoms with Crippen LogP contribution in [0.25, 0.3) is 10.9 Å². The van der Waals surface area contributed by atoms with Gasteiger partial charge in [0.25, 0.3) is 0 Å². The van der Waals surface area contributed by atoms with Crippen LogP contribution in [-0.4, -0.2) is 52.9 Å². The second kappa shape index (κ2) is 7.69. The SMILES string of the molecule is COc1ccc2c3c(n(C)c2c1)[C@@H](CO)NCC31CCN(Cc2ccncc2)CC1. The van der Waals surface area contributed by atoms with Gasteiger partial charge in [0.2, 0.25) is 0 Å². The Kier molecular flexibility index (Phi) is 5.01. The number of pyridine rings is 1. The van der Waals surface area contributed by atoms with Gasteiger partial charge in [-0.2, -0.15) is 0 Å². The van der Waals surface area contributed by atoms with Crippen molar-refractivity contribution in [2.45, 2.75) is 30.8 Å². The van der Waals surface area contributed by atoms with E-state index in [-0.39, 0.29) is 18.1 Å². The quantitative estimate of drug-likeness (QED) is 0.698. The lowest BCUT2D eigenvalue weighted by Crippen LogP contribution is -2.52. The zero-order valence-electron chi connectivity index (χ0n) is 17.8. The summed E-state index contributed by atoms with van der Waals surface area (Å²) < 4.78 is 7.74. The maximum Gasteiger partial charge on any atom is 0.120 e. The fourth-order valence-electron chi connectivity index (χ4n) is 5.50. The van der Waals surface area contributed by atoms with Crippen LogP contribution in [0.1, 0.15) is 35.7 Å². The molecule has 1 atom stereocenters. The van der Waals surface area contributed by atoms with Gasteiger partial charge in [-0.05, 0) is 61.3 Å². The molecule has 2 aliphatic heterocycles. The normalized spacial score (nSPS) is 21.1. The fraction of sp³-hybridized carbons (Fsp3) is 0.458. The second-order valence-corrected chi connectivity index (χ2v) is 8.73. The van der Waals surface area contributed by atoms with Crippen molar-refractivity contribution in [3.8, 4) is 5.75 Å². The Morgan fingerprint density at radius 2 is 1.97 bits per heavy atom. The number of nitrogens with zero attached hydrogens (tertiary/aromatic N) is 3. The third kappa shape index (κ3) is 3.11. The molecule has 30 heavy (non-hydrogen) atoms. The Balaban J connectivity index is 1.50. The van der Waals surface area contributed by atoms with Crippen LogP contribution >= 0.6 is 0 Å². The first-order valence-electron chi connectivity index (χ1n) is 10.8. The lowest BCUT2D eigenvalue weighted by atomic mass is 9.69. The van der Waals surface area contributed by atoms with E-state index in [4.69, 9.17) is 4.74 Å². The smallest absolute Gasteiger partial charge is 0.120 e. The average Bonchev–Trinajstić information content (AvgIpc) is 3.10. The molecule has 2 aliphatic rings. The molecule has 4 heterocycles. The number of aryl methyl sites for hydroxylation is 1. The minimum atomic E-state index is -0.0242. The van der Waals surface area contributed by atoms with Crippen molar-refractivity contribution in [2.75, 3.05) is 33.4 Å². The van der Waals surface area contributed by atoms with Crippen molar-refractivity contribution >= 4 is 10.9 Å². The highest BCUT2D eigenvalue weighted by molar-refractivity contribution is 5.88. The highest BCUT2D eigenvalue weighted by Gasteiger charge is 2.44. The first-order chi connectivity index (χ1) is 14.6. The molecule has 5 rings (SSSR count). The zero-order valence-corrected chi connectivity index (χ0v) is 17.8. The molecule has 2 aromatic heterocycles. The van der Waals surface area contributed by atoms with E-state index in [1.165, 1.54) is 27.7 Å². The largest absolute Gasteiger partial charge is 0.497 e. The van der Waals surface area contributed by atoms with Crippen LogP contribution in [0, 0.1) is 0 Å². The van der Waals surface area contributed by atoms with Gasteiger partial charge >= 0.3 is 0 Å². The van der Waals surface area contributed by atoms with Crippen LogP contribution in [0.15, 0.2) is 42.7 Å². The van der Waals surface area contributed by atoms with Gasteiger partial charge in [-0.1, -0.05) is 0 Å². The molecule has 0 radical (unpaired) electrons. The number of benzene rings is 1. The molecule has 0 bridgehead atoms. The Morgan fingerprint density at radius 3 is 2.67 bits per heavy atom. The molecular weight excluding hydrogens is 376 g/mol. The number of methoxy groups -OCH3 is 1. The van der Waals surface area contributed by atoms with E-state index >= 15 is 0 Å². The van der Waals surface area contributed by atoms with Gasteiger partial charge in [0.1, 0.15) is 5.75 Å². The molecule has 1 spiro atoms. The summed E-state index contributed by atoms with van der Waals surface area (Å²) in [6.07, 6.45) is 5.97. The number of hydrogen-bond acceptors (Lipinski definition) is 5. The number of rotatable bonds is 4. The van der Waals surface area contributed by atoms with Gasteiger partial charge in [-0.25, -0.2) is 0 Å². The number of hydrogen-bond donors (Lipinski definition) is 2. The van der Waals surface area contributed by atoms with Crippen LogP contribution in [0.4, 0.5) is 0 Å². The van der Waals surface area contributed by atoms with Crippen LogP contribution in [0.3, 0.4) is 0 Å². The lowest BCUT2D eigenvalue weighted by Gasteiger charge is -2.46. The van der Waals surface area contributed by atoms with Crippen LogP contribution in [0.2, 0.25) is 0 Å². The summed E-state index contributed by atoms with van der Waals surface area (Å²) in [4.78, 5) is 6.68. The van der Waals surface area contributed by atoms with Gasteiger partial charge in [0, 0.05) is 55.1 Å². The monoisotopic (exact) mass is 406 g/mol. The van der Waals surface area contributed by atoms with E-state index in [1.54, 1.807) is 7.11 Å². The molecule has 1 aromatic carbocycles. The summed E-state index contributed by atoms with van der Waals surface area (Å²) in [6, 6.07) is 10.6. The summed E-state index contributed by atoms with van der Waals surface area (Å²) in [5.41, 5.74) is 5.27. The number of fused-ring (bicyclic) bond motifs is 4. The molecule has 6 nitrogen and oxygen atoms in total. The predicted octanol–water partition coefficient (Wildman–Crippen LogP) is 2.75. The molecule has 0 aliphatic carbocycles. The first-order valence-corrected chi connectivity index (χ1v) is 10.8. The fourth-order valence-corrected chi connectivity index (χ4v) is 5.50. The van der Waals surface area contributed by atoms with Crippen molar-refractivity contribution in [3.05, 3.63) is 59.5 Å². The topological polar surface area (TPSA) is 62.6 Å². The zero-order chi connectivity index (χ0) is 20.7. The van der Waals surface area contributed by atoms with E-state index in [9.17, 15) is 5.11 Å². The maximum atomic E-state index is 10.1. The molecular formula is C24H30N4O2. The van der Waals surface area contributed by atoms with Crippen LogP contribution < -0.4 is 10.1 Å². The van der Waals surface area contributed by atoms with Gasteiger partial charge in [-0.3, -0.25) is 9.88 Å². The minimum absolute atomic E-state index is 0.0242. The van der Waals surface area contributed by atoms with Gasteiger partial charge in [0.15, 0.2) is 0 Å². The molecule has 3 aromatic rings. The summed E-state index contributed by atoms with van der Waals surface area (Å²) in [6.45, 7) is 4.14. The first kappa shape index (κ1) is 19.5. The standard InChI is InChI=1S/C24H30N4O2/c1-27-21-13-18(30-2)3-4-19(21)22-23(27)20(15-29)26-16-24(22)7-11-28(12-8-24)14-17-5-9-25-10-6-17/h3-6,9-10,13,20,26,29H,7-8,11-12,14-16H2,1-2H3/t20-/m1/s1. The molecule has 6 heteroatoms. The van der Waals surface area contributed by atoms with Crippen molar-refractivity contribution in [2.24, 2.45) is 7.05 Å². The van der Waals surface area contributed by atoms with E-state index < -0.39 is 0 Å². The molecule has 1 fully saturated rings. The number of likely N-dealkylation sites (tertiary alicyclic amines) is 1. The van der Waals surface area contributed by atoms with Crippen molar-refractivity contribution < 1.29 is 9.84 Å². The van der Waals surface area contributed by atoms with E-state index in [0.29, 0.717) is 0 Å². The highest BCUT2D eigenvalue weighted by atomic mass is 16.5. The van der Waals surface area contributed by atoms with Crippen molar-refractivity contribution in [3.63, 3.8) is 0 Å². The number of aliphatic hydroxyl groups excluding tert-OH is 1. The van der Waals surface area contributed by atoms with Crippen molar-refractivity contribution in [1.29, 1.82) is 0 Å². The Morgan fingerprint density at radius 1 is 1.20 bits per heavy atom. The maximum absolute atomic E-state index is 10.1.